The molecule has 0 bridgehead atoms. The second kappa shape index (κ2) is 14.7. The minimum Gasteiger partial charge on any atom is -0.465 e. The normalized spacial score (nSPS) is 21.2. The van der Waals surface area contributed by atoms with Crippen LogP contribution in [0.3, 0.4) is 0 Å². The molecular formula is C34H40F2N4O5S. The van der Waals surface area contributed by atoms with E-state index in [0.717, 1.165) is 17.7 Å². The van der Waals surface area contributed by atoms with Gasteiger partial charge >= 0.3 is 6.09 Å². The molecule has 9 nitrogen and oxygen atoms in total. The van der Waals surface area contributed by atoms with Gasteiger partial charge in [0.2, 0.25) is 15.9 Å². The van der Waals surface area contributed by atoms with Crippen LogP contribution in [0.2, 0.25) is 0 Å². The molecule has 12 heteroatoms. The standard InChI is InChI=1S/C34H40F2N4O5S/c1-39(34(42)43)32(31(24-10-15-26(35)16-11-24)25-12-17-27(36)18-13-25)33(41)38-30-9-5-6-23(30)14-19-28-22-37-20-21-40(28)46(44,45)29-7-3-2-4-8-29/h2-4,7-8,10-13,15-18,23,28,30-32,37H,5-6,9,14,19-22H2,1H3,(H,38,41)(H,42,43)/t23-,28-,30+,32-/m0/s1. The lowest BCUT2D eigenvalue weighted by molar-refractivity contribution is -0.127. The largest absolute Gasteiger partial charge is 0.465 e. The zero-order chi connectivity index (χ0) is 32.8. The molecule has 2 amide bonds. The monoisotopic (exact) mass is 654 g/mol. The molecule has 1 saturated heterocycles. The second-order valence-electron chi connectivity index (χ2n) is 12.1. The van der Waals surface area contributed by atoms with Gasteiger partial charge in [-0.1, -0.05) is 48.9 Å². The molecule has 2 fully saturated rings. The molecule has 0 spiro atoms. The van der Waals surface area contributed by atoms with Gasteiger partial charge < -0.3 is 15.7 Å². The Balaban J connectivity index is 1.35. The Morgan fingerprint density at radius 1 is 0.957 bits per heavy atom. The van der Waals surface area contributed by atoms with Crippen LogP contribution in [0.4, 0.5) is 13.6 Å². The molecule has 2 aliphatic rings. The van der Waals surface area contributed by atoms with Crippen LogP contribution >= 0.6 is 0 Å². The van der Waals surface area contributed by atoms with Crippen molar-refractivity contribution in [1.29, 1.82) is 0 Å². The maximum absolute atomic E-state index is 14.1. The van der Waals surface area contributed by atoms with Crippen LogP contribution in [0.25, 0.3) is 0 Å². The number of nitrogens with zero attached hydrogens (tertiary/aromatic N) is 2. The summed E-state index contributed by atoms with van der Waals surface area (Å²) in [7, 11) is -2.35. The van der Waals surface area contributed by atoms with E-state index in [2.05, 4.69) is 10.6 Å². The SMILES string of the molecule is CN(C(=O)O)[C@H](C(=O)N[C@@H]1CCC[C@H]1CC[C@H]1CNCCN1S(=O)(=O)c1ccccc1)C(c1ccc(F)cc1)c1ccc(F)cc1. The summed E-state index contributed by atoms with van der Waals surface area (Å²) in [4.78, 5) is 27.6. The van der Waals surface area contributed by atoms with Gasteiger partial charge in [-0.15, -0.1) is 0 Å². The molecule has 3 aromatic rings. The zero-order valence-corrected chi connectivity index (χ0v) is 26.5. The number of nitrogens with one attached hydrogen (secondary N) is 2. The van der Waals surface area contributed by atoms with E-state index in [4.69, 9.17) is 0 Å². The van der Waals surface area contributed by atoms with Crippen molar-refractivity contribution in [1.82, 2.24) is 19.8 Å². The third kappa shape index (κ3) is 7.56. The summed E-state index contributed by atoms with van der Waals surface area (Å²) in [5.41, 5.74) is 1.02. The highest BCUT2D eigenvalue weighted by Crippen LogP contribution is 2.35. The van der Waals surface area contributed by atoms with E-state index in [-0.39, 0.29) is 22.9 Å². The zero-order valence-electron chi connectivity index (χ0n) is 25.7. The average Bonchev–Trinajstić information content (AvgIpc) is 3.50. The minimum atomic E-state index is -3.67. The summed E-state index contributed by atoms with van der Waals surface area (Å²) in [6.45, 7) is 1.45. The number of carbonyl (C=O) groups excluding carboxylic acids is 1. The van der Waals surface area contributed by atoms with Crippen LogP contribution < -0.4 is 10.6 Å². The Hall–Kier alpha value is -3.87. The molecule has 0 radical (unpaired) electrons. The average molecular weight is 655 g/mol. The van der Waals surface area contributed by atoms with Crippen molar-refractivity contribution in [2.45, 2.75) is 61.0 Å². The van der Waals surface area contributed by atoms with E-state index in [1.165, 1.54) is 55.6 Å². The topological polar surface area (TPSA) is 119 Å². The van der Waals surface area contributed by atoms with Crippen molar-refractivity contribution in [3.05, 3.63) is 102 Å². The first-order chi connectivity index (χ1) is 22.1. The molecule has 1 heterocycles. The Morgan fingerprint density at radius 3 is 2.15 bits per heavy atom. The van der Waals surface area contributed by atoms with Gasteiger partial charge in [-0.3, -0.25) is 9.69 Å². The van der Waals surface area contributed by atoms with Gasteiger partial charge in [-0.2, -0.15) is 4.31 Å². The Bertz CT molecular complexity index is 1550. The number of amides is 2. The van der Waals surface area contributed by atoms with Crippen molar-refractivity contribution in [3.8, 4) is 0 Å². The van der Waals surface area contributed by atoms with Gasteiger partial charge in [-0.05, 0) is 79.1 Å². The smallest absolute Gasteiger partial charge is 0.407 e. The van der Waals surface area contributed by atoms with Crippen LogP contribution in [-0.4, -0.2) is 79.5 Å². The van der Waals surface area contributed by atoms with E-state index < -0.39 is 45.6 Å². The highest BCUT2D eigenvalue weighted by molar-refractivity contribution is 7.89. The Kier molecular flexibility index (Phi) is 10.7. The van der Waals surface area contributed by atoms with Gasteiger partial charge in [0.1, 0.15) is 17.7 Å². The third-order valence-corrected chi connectivity index (χ3v) is 11.2. The predicted octanol–water partition coefficient (Wildman–Crippen LogP) is 4.80. The fourth-order valence-electron chi connectivity index (χ4n) is 6.85. The summed E-state index contributed by atoms with van der Waals surface area (Å²) in [6, 6.07) is 17.7. The van der Waals surface area contributed by atoms with Crippen LogP contribution in [0.1, 0.15) is 49.1 Å². The first kappa shape index (κ1) is 33.5. The van der Waals surface area contributed by atoms with Gasteiger partial charge in [-0.25, -0.2) is 22.0 Å². The summed E-state index contributed by atoms with van der Waals surface area (Å²) in [5.74, 6) is -2.24. The third-order valence-electron chi connectivity index (χ3n) is 9.27. The number of piperazine rings is 1. The number of halogens is 2. The predicted molar refractivity (Wildman–Crippen MR) is 170 cm³/mol. The highest BCUT2D eigenvalue weighted by Gasteiger charge is 2.40. The number of hydrogen-bond donors (Lipinski definition) is 3. The van der Waals surface area contributed by atoms with Gasteiger partial charge in [0.15, 0.2) is 0 Å². The van der Waals surface area contributed by atoms with E-state index in [1.54, 1.807) is 34.6 Å². The molecule has 4 atom stereocenters. The van der Waals surface area contributed by atoms with E-state index in [1.807, 2.05) is 0 Å². The molecule has 1 aliphatic heterocycles. The Morgan fingerprint density at radius 2 is 1.57 bits per heavy atom. The van der Waals surface area contributed by atoms with Crippen LogP contribution in [0, 0.1) is 17.6 Å². The first-order valence-corrected chi connectivity index (χ1v) is 17.0. The first-order valence-electron chi connectivity index (χ1n) is 15.6. The van der Waals surface area contributed by atoms with Crippen LogP contribution in [0.5, 0.6) is 0 Å². The number of benzene rings is 3. The van der Waals surface area contributed by atoms with Gasteiger partial charge in [0.25, 0.3) is 0 Å². The van der Waals surface area contributed by atoms with Gasteiger partial charge in [0, 0.05) is 44.7 Å². The Labute approximate surface area is 268 Å². The van der Waals surface area contributed by atoms with Crippen LogP contribution in [0.15, 0.2) is 83.8 Å². The molecule has 0 aromatic heterocycles. The highest BCUT2D eigenvalue weighted by atomic mass is 32.2. The molecular weight excluding hydrogens is 614 g/mol. The number of carboxylic acid groups (broad SMARTS) is 1. The van der Waals surface area contributed by atoms with Crippen molar-refractivity contribution in [3.63, 3.8) is 0 Å². The van der Waals surface area contributed by atoms with E-state index >= 15 is 0 Å². The molecule has 3 N–H and O–H groups in total. The van der Waals surface area contributed by atoms with E-state index in [9.17, 15) is 31.9 Å². The molecule has 246 valence electrons. The van der Waals surface area contributed by atoms with Crippen molar-refractivity contribution >= 4 is 22.0 Å². The molecule has 1 aliphatic carbocycles. The maximum Gasteiger partial charge on any atom is 0.407 e. The summed E-state index contributed by atoms with van der Waals surface area (Å²) in [6.07, 6.45) is 2.37. The summed E-state index contributed by atoms with van der Waals surface area (Å²) in [5, 5.41) is 16.4. The number of carbonyl (C=O) groups is 2. The van der Waals surface area contributed by atoms with Crippen molar-refractivity contribution < 1.29 is 31.9 Å². The second-order valence-corrected chi connectivity index (χ2v) is 14.0. The lowest BCUT2D eigenvalue weighted by Crippen LogP contribution is -2.54. The van der Waals surface area contributed by atoms with Crippen LogP contribution in [-0.2, 0) is 14.8 Å². The number of sulfonamides is 1. The van der Waals surface area contributed by atoms with Crippen molar-refractivity contribution in [2.24, 2.45) is 5.92 Å². The molecule has 5 rings (SSSR count). The molecule has 1 saturated carbocycles. The van der Waals surface area contributed by atoms with E-state index in [0.29, 0.717) is 50.0 Å². The molecule has 0 unspecified atom stereocenters. The van der Waals surface area contributed by atoms with Gasteiger partial charge in [0.05, 0.1) is 4.90 Å². The maximum atomic E-state index is 14.1. The quantitative estimate of drug-likeness (QED) is 0.273. The lowest BCUT2D eigenvalue weighted by atomic mass is 9.83. The minimum absolute atomic E-state index is 0.0676. The fourth-order valence-corrected chi connectivity index (χ4v) is 8.52. The fraction of sp³-hybridized carbons (Fsp3) is 0.412. The molecule has 46 heavy (non-hydrogen) atoms. The number of hydrogen-bond acceptors (Lipinski definition) is 5. The number of likely N-dealkylation sites (N-methyl/N-ethyl adjacent to an activating group) is 1. The number of rotatable bonds is 11. The summed E-state index contributed by atoms with van der Waals surface area (Å²) >= 11 is 0. The van der Waals surface area contributed by atoms with Crippen molar-refractivity contribution in [2.75, 3.05) is 26.7 Å². The molecule has 3 aromatic carbocycles. The lowest BCUT2D eigenvalue weighted by Gasteiger charge is -2.36. The summed E-state index contributed by atoms with van der Waals surface area (Å²) < 4.78 is 56.3.